The molecule has 6 nitrogen and oxygen atoms in total. The van der Waals surface area contributed by atoms with E-state index >= 15 is 0 Å². The van der Waals surface area contributed by atoms with Crippen molar-refractivity contribution < 1.29 is 19.1 Å². The number of ether oxygens (including phenoxy) is 1. The summed E-state index contributed by atoms with van der Waals surface area (Å²) in [5, 5.41) is 5.12. The SMILES string of the molecule is COC(=O)[C@H](CC(C)C)NC(=O)CNC(=O)c1ccc(C)s1. The Morgan fingerprint density at radius 1 is 1.27 bits per heavy atom. The Morgan fingerprint density at radius 3 is 2.45 bits per heavy atom. The van der Waals surface area contributed by atoms with Crippen LogP contribution in [0.3, 0.4) is 0 Å². The number of thiophene rings is 1. The molecule has 22 heavy (non-hydrogen) atoms. The molecule has 0 aliphatic rings. The predicted molar refractivity (Wildman–Crippen MR) is 84.8 cm³/mol. The third-order valence-corrected chi connectivity index (χ3v) is 3.90. The number of esters is 1. The molecular formula is C15H22N2O4S. The fourth-order valence-corrected chi connectivity index (χ4v) is 2.66. The number of hydrogen-bond donors (Lipinski definition) is 2. The molecule has 0 bridgehead atoms. The van der Waals surface area contributed by atoms with E-state index in [2.05, 4.69) is 15.4 Å². The maximum absolute atomic E-state index is 11.9. The lowest BCUT2D eigenvalue weighted by Crippen LogP contribution is -2.46. The first kappa shape index (κ1) is 18.2. The second kappa shape index (κ2) is 8.53. The van der Waals surface area contributed by atoms with Crippen LogP contribution in [0, 0.1) is 12.8 Å². The highest BCUT2D eigenvalue weighted by Crippen LogP contribution is 2.14. The van der Waals surface area contributed by atoms with Crippen molar-refractivity contribution in [2.24, 2.45) is 5.92 Å². The standard InChI is InChI=1S/C15H22N2O4S/c1-9(2)7-11(15(20)21-4)17-13(18)8-16-14(19)12-6-5-10(3)22-12/h5-6,9,11H,7-8H2,1-4H3,(H,16,19)(H,17,18)/t11-/m0/s1. The van der Waals surface area contributed by atoms with Crippen molar-refractivity contribution in [3.05, 3.63) is 21.9 Å². The van der Waals surface area contributed by atoms with Gasteiger partial charge in [0.15, 0.2) is 0 Å². The summed E-state index contributed by atoms with van der Waals surface area (Å²) in [5.74, 6) is -0.972. The number of rotatable bonds is 7. The molecule has 1 atom stereocenters. The molecule has 0 unspecified atom stereocenters. The average Bonchev–Trinajstić information content (AvgIpc) is 2.89. The molecular weight excluding hydrogens is 304 g/mol. The van der Waals surface area contributed by atoms with Crippen LogP contribution in [0.5, 0.6) is 0 Å². The van der Waals surface area contributed by atoms with Gasteiger partial charge in [0.1, 0.15) is 6.04 Å². The molecule has 2 amide bonds. The van der Waals surface area contributed by atoms with Gasteiger partial charge in [-0.3, -0.25) is 9.59 Å². The zero-order valence-electron chi connectivity index (χ0n) is 13.3. The third kappa shape index (κ3) is 5.85. The van der Waals surface area contributed by atoms with Gasteiger partial charge in [0.25, 0.3) is 5.91 Å². The lowest BCUT2D eigenvalue weighted by Gasteiger charge is -2.18. The van der Waals surface area contributed by atoms with Gasteiger partial charge in [0.2, 0.25) is 5.91 Å². The number of amides is 2. The van der Waals surface area contributed by atoms with Gasteiger partial charge < -0.3 is 15.4 Å². The lowest BCUT2D eigenvalue weighted by molar-refractivity contribution is -0.145. The van der Waals surface area contributed by atoms with Crippen LogP contribution in [0.4, 0.5) is 0 Å². The van der Waals surface area contributed by atoms with Gasteiger partial charge in [-0.25, -0.2) is 4.79 Å². The van der Waals surface area contributed by atoms with E-state index in [0.717, 1.165) is 4.88 Å². The molecule has 0 radical (unpaired) electrons. The normalized spacial score (nSPS) is 11.9. The summed E-state index contributed by atoms with van der Waals surface area (Å²) in [6.45, 7) is 5.62. The summed E-state index contributed by atoms with van der Waals surface area (Å²) in [7, 11) is 1.28. The number of aryl methyl sites for hydroxylation is 1. The van der Waals surface area contributed by atoms with Crippen molar-refractivity contribution in [3.8, 4) is 0 Å². The van der Waals surface area contributed by atoms with Crippen LogP contribution in [0.1, 0.15) is 34.8 Å². The van der Waals surface area contributed by atoms with Crippen LogP contribution in [0.15, 0.2) is 12.1 Å². The number of nitrogens with one attached hydrogen (secondary N) is 2. The first-order valence-electron chi connectivity index (χ1n) is 7.05. The van der Waals surface area contributed by atoms with Crippen LogP contribution < -0.4 is 10.6 Å². The number of carbonyl (C=O) groups is 3. The molecule has 1 heterocycles. The van der Waals surface area contributed by atoms with E-state index in [0.29, 0.717) is 11.3 Å². The van der Waals surface area contributed by atoms with E-state index in [4.69, 9.17) is 0 Å². The van der Waals surface area contributed by atoms with Gasteiger partial charge in [0.05, 0.1) is 18.5 Å². The van der Waals surface area contributed by atoms with Gasteiger partial charge in [-0.15, -0.1) is 11.3 Å². The second-order valence-electron chi connectivity index (χ2n) is 5.37. The maximum atomic E-state index is 11.9. The van der Waals surface area contributed by atoms with Crippen LogP contribution in [0.2, 0.25) is 0 Å². The summed E-state index contributed by atoms with van der Waals surface area (Å²) >= 11 is 1.36. The van der Waals surface area contributed by atoms with Gasteiger partial charge in [0, 0.05) is 4.88 Å². The molecule has 0 saturated heterocycles. The second-order valence-corrected chi connectivity index (χ2v) is 6.65. The van der Waals surface area contributed by atoms with E-state index in [1.807, 2.05) is 26.8 Å². The molecule has 7 heteroatoms. The van der Waals surface area contributed by atoms with Gasteiger partial charge >= 0.3 is 5.97 Å². The van der Waals surface area contributed by atoms with Gasteiger partial charge in [-0.1, -0.05) is 13.8 Å². The van der Waals surface area contributed by atoms with E-state index in [1.54, 1.807) is 6.07 Å². The summed E-state index contributed by atoms with van der Waals surface area (Å²) in [6.07, 6.45) is 0.483. The van der Waals surface area contributed by atoms with Gasteiger partial charge in [-0.2, -0.15) is 0 Å². The van der Waals surface area contributed by atoms with Gasteiger partial charge in [-0.05, 0) is 31.4 Å². The zero-order valence-corrected chi connectivity index (χ0v) is 14.1. The number of carbonyl (C=O) groups excluding carboxylic acids is 3. The van der Waals surface area contributed by atoms with E-state index in [1.165, 1.54) is 18.4 Å². The molecule has 0 fully saturated rings. The van der Waals surface area contributed by atoms with E-state index in [9.17, 15) is 14.4 Å². The Balaban J connectivity index is 2.49. The Morgan fingerprint density at radius 2 is 1.95 bits per heavy atom. The Bertz CT molecular complexity index is 539. The first-order valence-corrected chi connectivity index (χ1v) is 7.87. The smallest absolute Gasteiger partial charge is 0.328 e. The highest BCUT2D eigenvalue weighted by Gasteiger charge is 2.22. The fraction of sp³-hybridized carbons (Fsp3) is 0.533. The lowest BCUT2D eigenvalue weighted by atomic mass is 10.0. The molecule has 0 spiro atoms. The average molecular weight is 326 g/mol. The summed E-state index contributed by atoms with van der Waals surface area (Å²) in [4.78, 5) is 36.9. The summed E-state index contributed by atoms with van der Waals surface area (Å²) in [5.41, 5.74) is 0. The number of methoxy groups -OCH3 is 1. The minimum atomic E-state index is -0.696. The van der Waals surface area contributed by atoms with E-state index < -0.39 is 17.9 Å². The largest absolute Gasteiger partial charge is 0.467 e. The number of hydrogen-bond acceptors (Lipinski definition) is 5. The minimum Gasteiger partial charge on any atom is -0.467 e. The highest BCUT2D eigenvalue weighted by atomic mass is 32.1. The van der Waals surface area contributed by atoms with Crippen molar-refractivity contribution in [2.75, 3.05) is 13.7 Å². The minimum absolute atomic E-state index is 0.179. The summed E-state index contributed by atoms with van der Waals surface area (Å²) < 4.78 is 4.67. The Kier molecular flexibility index (Phi) is 7.04. The van der Waals surface area contributed by atoms with Crippen LogP contribution in [-0.2, 0) is 14.3 Å². The summed E-state index contributed by atoms with van der Waals surface area (Å²) in [6, 6.07) is 2.86. The van der Waals surface area contributed by atoms with Crippen molar-refractivity contribution in [2.45, 2.75) is 33.2 Å². The van der Waals surface area contributed by atoms with Crippen LogP contribution in [-0.4, -0.2) is 37.5 Å². The quantitative estimate of drug-likeness (QED) is 0.744. The molecule has 0 aliphatic carbocycles. The Hall–Kier alpha value is -1.89. The first-order chi connectivity index (χ1) is 10.3. The van der Waals surface area contributed by atoms with Crippen LogP contribution >= 0.6 is 11.3 Å². The topological polar surface area (TPSA) is 84.5 Å². The zero-order chi connectivity index (χ0) is 16.7. The molecule has 0 aromatic carbocycles. The third-order valence-electron chi connectivity index (χ3n) is 2.90. The molecule has 1 aromatic rings. The molecule has 122 valence electrons. The molecule has 0 saturated carbocycles. The van der Waals surface area contributed by atoms with Crippen molar-refractivity contribution in [1.29, 1.82) is 0 Å². The van der Waals surface area contributed by atoms with Crippen molar-refractivity contribution in [1.82, 2.24) is 10.6 Å². The molecule has 1 aromatic heterocycles. The highest BCUT2D eigenvalue weighted by molar-refractivity contribution is 7.13. The maximum Gasteiger partial charge on any atom is 0.328 e. The molecule has 2 N–H and O–H groups in total. The predicted octanol–water partition coefficient (Wildman–Crippen LogP) is 1.49. The van der Waals surface area contributed by atoms with E-state index in [-0.39, 0.29) is 18.4 Å². The monoisotopic (exact) mass is 326 g/mol. The van der Waals surface area contributed by atoms with Crippen molar-refractivity contribution >= 4 is 29.1 Å². The molecule has 1 rings (SSSR count). The Labute approximate surface area is 134 Å². The van der Waals surface area contributed by atoms with Crippen LogP contribution in [0.25, 0.3) is 0 Å². The van der Waals surface area contributed by atoms with Crippen molar-refractivity contribution in [3.63, 3.8) is 0 Å². The fourth-order valence-electron chi connectivity index (χ4n) is 1.88. The molecule has 0 aliphatic heterocycles.